The lowest BCUT2D eigenvalue weighted by Gasteiger charge is -2.24. The Hall–Kier alpha value is -2.30. The van der Waals surface area contributed by atoms with Gasteiger partial charge in [-0.1, -0.05) is 6.07 Å². The van der Waals surface area contributed by atoms with Gasteiger partial charge in [-0.3, -0.25) is 4.79 Å². The van der Waals surface area contributed by atoms with Gasteiger partial charge in [-0.05, 0) is 50.3 Å². The van der Waals surface area contributed by atoms with Crippen LogP contribution in [0.1, 0.15) is 48.3 Å². The summed E-state index contributed by atoms with van der Waals surface area (Å²) in [6.45, 7) is 0.791. The number of amides is 1. The number of aryl methyl sites for hydroxylation is 1. The molecule has 1 aliphatic carbocycles. The lowest BCUT2D eigenvalue weighted by molar-refractivity contribution is 0.0926. The number of carbonyl (C=O) groups excluding carboxylic acids is 1. The predicted molar refractivity (Wildman–Crippen MR) is 91.1 cm³/mol. The van der Waals surface area contributed by atoms with E-state index in [-0.39, 0.29) is 11.9 Å². The molecule has 0 saturated heterocycles. The Morgan fingerprint density at radius 1 is 1.25 bits per heavy atom. The molecule has 0 unspecified atom stereocenters. The van der Waals surface area contributed by atoms with Gasteiger partial charge in [0.05, 0.1) is 6.10 Å². The highest BCUT2D eigenvalue weighted by Crippen LogP contribution is 2.24. The Kier molecular flexibility index (Phi) is 4.24. The van der Waals surface area contributed by atoms with Crippen molar-refractivity contribution < 1.29 is 9.53 Å². The molecule has 5 heteroatoms. The quantitative estimate of drug-likeness (QED) is 0.940. The Bertz CT molecular complexity index is 719. The fraction of sp³-hybridized carbons (Fsp3) is 0.474. The first-order valence-corrected chi connectivity index (χ1v) is 8.85. The fourth-order valence-corrected chi connectivity index (χ4v) is 3.66. The van der Waals surface area contributed by atoms with Gasteiger partial charge in [-0.2, -0.15) is 0 Å². The zero-order valence-electron chi connectivity index (χ0n) is 13.8. The summed E-state index contributed by atoms with van der Waals surface area (Å²) in [5.41, 5.74) is 0.668. The summed E-state index contributed by atoms with van der Waals surface area (Å²) in [5.74, 6) is 1.88. The van der Waals surface area contributed by atoms with Crippen molar-refractivity contribution in [1.29, 1.82) is 0 Å². The fourth-order valence-electron chi connectivity index (χ4n) is 3.66. The van der Waals surface area contributed by atoms with Crippen LogP contribution in [0.4, 0.5) is 0 Å². The van der Waals surface area contributed by atoms with Crippen LogP contribution in [-0.2, 0) is 13.0 Å². The number of nitrogens with one attached hydrogen (secondary N) is 1. The molecule has 0 bridgehead atoms. The number of imidazole rings is 1. The molecule has 1 fully saturated rings. The molecule has 1 atom stereocenters. The Balaban J connectivity index is 1.39. The third-order valence-electron chi connectivity index (χ3n) is 4.97. The predicted octanol–water partition coefficient (Wildman–Crippen LogP) is 2.95. The standard InChI is InChI=1S/C19H23N3O2/c23-19(21-15-8-9-18-20-10-11-22(18)13-15)14-4-3-7-17(12-14)24-16-5-1-2-6-16/h3-4,7,10-12,15-16H,1-2,5-6,8-9,13H2,(H,21,23)/t15-/m1/s1. The highest BCUT2D eigenvalue weighted by molar-refractivity contribution is 5.94. The van der Waals surface area contributed by atoms with Crippen molar-refractivity contribution in [3.8, 4) is 5.75 Å². The van der Waals surface area contributed by atoms with Crippen LogP contribution in [0.25, 0.3) is 0 Å². The molecule has 4 rings (SSSR count). The summed E-state index contributed by atoms with van der Waals surface area (Å²) in [6.07, 6.45) is 10.7. The molecule has 1 aliphatic heterocycles. The molecular weight excluding hydrogens is 302 g/mol. The lowest BCUT2D eigenvalue weighted by Crippen LogP contribution is -2.40. The Morgan fingerprint density at radius 2 is 2.12 bits per heavy atom. The molecule has 2 aromatic rings. The summed E-state index contributed by atoms with van der Waals surface area (Å²) >= 11 is 0. The minimum absolute atomic E-state index is 0.0274. The number of aromatic nitrogens is 2. The van der Waals surface area contributed by atoms with E-state index in [1.54, 1.807) is 0 Å². The summed E-state index contributed by atoms with van der Waals surface area (Å²) in [6, 6.07) is 7.70. The van der Waals surface area contributed by atoms with Gasteiger partial charge in [-0.15, -0.1) is 0 Å². The summed E-state index contributed by atoms with van der Waals surface area (Å²) in [5, 5.41) is 3.14. The number of nitrogens with zero attached hydrogens (tertiary/aromatic N) is 2. The van der Waals surface area contributed by atoms with E-state index >= 15 is 0 Å². The van der Waals surface area contributed by atoms with Gasteiger partial charge in [-0.25, -0.2) is 4.98 Å². The smallest absolute Gasteiger partial charge is 0.251 e. The first kappa shape index (κ1) is 15.2. The zero-order valence-corrected chi connectivity index (χ0v) is 13.8. The molecule has 126 valence electrons. The van der Waals surface area contributed by atoms with E-state index in [9.17, 15) is 4.79 Å². The maximum atomic E-state index is 12.6. The Morgan fingerprint density at radius 3 is 3.00 bits per heavy atom. The molecule has 24 heavy (non-hydrogen) atoms. The van der Waals surface area contributed by atoms with E-state index in [0.29, 0.717) is 11.7 Å². The second kappa shape index (κ2) is 6.67. The minimum atomic E-state index is -0.0274. The number of ether oxygens (including phenoxy) is 1. The second-order valence-corrected chi connectivity index (χ2v) is 6.76. The second-order valence-electron chi connectivity index (χ2n) is 6.76. The molecule has 1 aromatic carbocycles. The van der Waals surface area contributed by atoms with Gasteiger partial charge in [0.25, 0.3) is 5.91 Å². The third kappa shape index (κ3) is 3.30. The van der Waals surface area contributed by atoms with E-state index in [1.165, 1.54) is 12.8 Å². The topological polar surface area (TPSA) is 56.2 Å². The van der Waals surface area contributed by atoms with Crippen LogP contribution in [-0.4, -0.2) is 27.6 Å². The van der Waals surface area contributed by atoms with Gasteiger partial charge in [0.2, 0.25) is 0 Å². The van der Waals surface area contributed by atoms with Crippen molar-refractivity contribution in [2.24, 2.45) is 0 Å². The van der Waals surface area contributed by atoms with Crippen LogP contribution in [0.5, 0.6) is 5.75 Å². The van der Waals surface area contributed by atoms with Gasteiger partial charge >= 0.3 is 0 Å². The zero-order chi connectivity index (χ0) is 16.4. The van der Waals surface area contributed by atoms with Crippen LogP contribution in [0.15, 0.2) is 36.7 Å². The molecule has 2 aliphatic rings. The first-order chi connectivity index (χ1) is 11.8. The van der Waals surface area contributed by atoms with E-state index in [0.717, 1.165) is 43.8 Å². The first-order valence-electron chi connectivity index (χ1n) is 8.85. The molecular formula is C19H23N3O2. The number of benzene rings is 1. The number of fused-ring (bicyclic) bond motifs is 1. The van der Waals surface area contributed by atoms with Crippen molar-refractivity contribution in [3.63, 3.8) is 0 Å². The number of hydrogen-bond acceptors (Lipinski definition) is 3. The maximum Gasteiger partial charge on any atom is 0.251 e. The monoisotopic (exact) mass is 325 g/mol. The number of rotatable bonds is 4. The van der Waals surface area contributed by atoms with E-state index in [2.05, 4.69) is 14.9 Å². The highest BCUT2D eigenvalue weighted by atomic mass is 16.5. The molecule has 5 nitrogen and oxygen atoms in total. The molecule has 1 N–H and O–H groups in total. The maximum absolute atomic E-state index is 12.6. The van der Waals surface area contributed by atoms with Gasteiger partial charge in [0, 0.05) is 37.0 Å². The van der Waals surface area contributed by atoms with E-state index in [4.69, 9.17) is 4.74 Å². The van der Waals surface area contributed by atoms with Gasteiger partial charge < -0.3 is 14.6 Å². The third-order valence-corrected chi connectivity index (χ3v) is 4.97. The van der Waals surface area contributed by atoms with E-state index < -0.39 is 0 Å². The summed E-state index contributed by atoms with van der Waals surface area (Å²) < 4.78 is 8.12. The summed E-state index contributed by atoms with van der Waals surface area (Å²) in [7, 11) is 0. The van der Waals surface area contributed by atoms with Crippen molar-refractivity contribution in [2.75, 3.05) is 0 Å². The van der Waals surface area contributed by atoms with Gasteiger partial charge in [0.1, 0.15) is 11.6 Å². The molecule has 0 radical (unpaired) electrons. The molecule has 2 heterocycles. The van der Waals surface area contributed by atoms with E-state index in [1.807, 2.05) is 36.7 Å². The number of hydrogen-bond donors (Lipinski definition) is 1. The van der Waals surface area contributed by atoms with Crippen LogP contribution in [0.2, 0.25) is 0 Å². The van der Waals surface area contributed by atoms with Crippen molar-refractivity contribution in [1.82, 2.24) is 14.9 Å². The molecule has 1 aromatic heterocycles. The SMILES string of the molecule is O=C(N[C@@H]1CCc2nccn2C1)c1cccc(OC2CCCC2)c1. The lowest BCUT2D eigenvalue weighted by atomic mass is 10.1. The average molecular weight is 325 g/mol. The molecule has 0 spiro atoms. The van der Waals surface area contributed by atoms with Crippen LogP contribution >= 0.6 is 0 Å². The molecule has 1 amide bonds. The minimum Gasteiger partial charge on any atom is -0.490 e. The highest BCUT2D eigenvalue weighted by Gasteiger charge is 2.21. The Labute approximate surface area is 142 Å². The van der Waals surface area contributed by atoms with Crippen LogP contribution in [0.3, 0.4) is 0 Å². The van der Waals surface area contributed by atoms with Crippen molar-refractivity contribution >= 4 is 5.91 Å². The van der Waals surface area contributed by atoms with Gasteiger partial charge in [0.15, 0.2) is 0 Å². The average Bonchev–Trinajstić information content (AvgIpc) is 3.26. The van der Waals surface area contributed by atoms with Crippen LogP contribution < -0.4 is 10.1 Å². The number of carbonyl (C=O) groups is 1. The molecule has 1 saturated carbocycles. The normalized spacial score (nSPS) is 20.6. The largest absolute Gasteiger partial charge is 0.490 e. The van der Waals surface area contributed by atoms with Crippen molar-refractivity contribution in [2.45, 2.75) is 57.2 Å². The van der Waals surface area contributed by atoms with Crippen molar-refractivity contribution in [3.05, 3.63) is 48.0 Å². The summed E-state index contributed by atoms with van der Waals surface area (Å²) in [4.78, 5) is 16.9. The van der Waals surface area contributed by atoms with Crippen LogP contribution in [0, 0.1) is 0 Å².